The fraction of sp³-hybridized carbons (Fsp3) is 0.125. The van der Waals surface area contributed by atoms with Gasteiger partial charge in [-0.05, 0) is 17.7 Å². The van der Waals surface area contributed by atoms with E-state index in [-0.39, 0.29) is 19.1 Å². The van der Waals surface area contributed by atoms with Crippen molar-refractivity contribution in [2.24, 2.45) is 0 Å². The maximum atomic E-state index is 11.6. The SMILES string of the molecule is O=C(CNC(=O)OCc1ccccc1)Nc1ccccc1. The van der Waals surface area contributed by atoms with Crippen LogP contribution in [-0.2, 0) is 16.1 Å². The highest BCUT2D eigenvalue weighted by Gasteiger charge is 2.06. The van der Waals surface area contributed by atoms with Gasteiger partial charge in [0.1, 0.15) is 13.2 Å². The van der Waals surface area contributed by atoms with Crippen molar-refractivity contribution in [3.63, 3.8) is 0 Å². The molecule has 5 nitrogen and oxygen atoms in total. The molecule has 21 heavy (non-hydrogen) atoms. The van der Waals surface area contributed by atoms with Crippen LogP contribution < -0.4 is 10.6 Å². The number of hydrogen-bond donors (Lipinski definition) is 2. The molecule has 0 aliphatic rings. The number of para-hydroxylation sites is 1. The highest BCUT2D eigenvalue weighted by Crippen LogP contribution is 2.04. The molecule has 0 heterocycles. The second-order valence-electron chi connectivity index (χ2n) is 4.33. The molecule has 0 saturated carbocycles. The molecule has 2 rings (SSSR count). The summed E-state index contributed by atoms with van der Waals surface area (Å²) in [5, 5.41) is 5.06. The minimum atomic E-state index is -0.623. The van der Waals surface area contributed by atoms with E-state index in [1.807, 2.05) is 48.5 Å². The number of alkyl carbamates (subject to hydrolysis) is 1. The van der Waals surface area contributed by atoms with E-state index < -0.39 is 6.09 Å². The predicted molar refractivity (Wildman–Crippen MR) is 79.7 cm³/mol. The molecule has 0 saturated heterocycles. The first-order chi connectivity index (χ1) is 10.2. The molecule has 108 valence electrons. The molecule has 2 aromatic rings. The lowest BCUT2D eigenvalue weighted by atomic mass is 10.2. The third-order valence-corrected chi connectivity index (χ3v) is 2.66. The van der Waals surface area contributed by atoms with Gasteiger partial charge in [0.05, 0.1) is 0 Å². The number of rotatable bonds is 5. The average Bonchev–Trinajstić information content (AvgIpc) is 2.53. The lowest BCUT2D eigenvalue weighted by Crippen LogP contribution is -2.33. The van der Waals surface area contributed by atoms with Gasteiger partial charge in [0.2, 0.25) is 5.91 Å². The van der Waals surface area contributed by atoms with Gasteiger partial charge in [-0.2, -0.15) is 0 Å². The highest BCUT2D eigenvalue weighted by molar-refractivity contribution is 5.93. The van der Waals surface area contributed by atoms with Crippen LogP contribution in [-0.4, -0.2) is 18.5 Å². The molecule has 2 amide bonds. The summed E-state index contributed by atoms with van der Waals surface area (Å²) in [6, 6.07) is 18.4. The van der Waals surface area contributed by atoms with Crippen molar-refractivity contribution in [2.75, 3.05) is 11.9 Å². The van der Waals surface area contributed by atoms with Crippen LogP contribution in [0, 0.1) is 0 Å². The van der Waals surface area contributed by atoms with E-state index in [0.29, 0.717) is 5.69 Å². The van der Waals surface area contributed by atoms with E-state index in [1.165, 1.54) is 0 Å². The topological polar surface area (TPSA) is 67.4 Å². The summed E-state index contributed by atoms with van der Waals surface area (Å²) in [4.78, 5) is 23.1. The van der Waals surface area contributed by atoms with Crippen molar-refractivity contribution in [3.05, 3.63) is 66.2 Å². The Balaban J connectivity index is 1.68. The van der Waals surface area contributed by atoms with Crippen LogP contribution in [0.1, 0.15) is 5.56 Å². The van der Waals surface area contributed by atoms with E-state index >= 15 is 0 Å². The maximum Gasteiger partial charge on any atom is 0.407 e. The summed E-state index contributed by atoms with van der Waals surface area (Å²) in [5.74, 6) is -0.308. The van der Waals surface area contributed by atoms with Crippen LogP contribution in [0.15, 0.2) is 60.7 Å². The summed E-state index contributed by atoms with van der Waals surface area (Å²) < 4.78 is 5.00. The number of benzene rings is 2. The first-order valence-corrected chi connectivity index (χ1v) is 6.53. The first kappa shape index (κ1) is 14.6. The lowest BCUT2D eigenvalue weighted by Gasteiger charge is -2.08. The molecule has 0 spiro atoms. The Kier molecular flexibility index (Phi) is 5.34. The average molecular weight is 284 g/mol. The number of carbonyl (C=O) groups is 2. The summed E-state index contributed by atoms with van der Waals surface area (Å²) >= 11 is 0. The van der Waals surface area contributed by atoms with Gasteiger partial charge < -0.3 is 15.4 Å². The number of ether oxygens (including phenoxy) is 1. The van der Waals surface area contributed by atoms with E-state index in [2.05, 4.69) is 10.6 Å². The summed E-state index contributed by atoms with van der Waals surface area (Å²) in [7, 11) is 0. The largest absolute Gasteiger partial charge is 0.445 e. The van der Waals surface area contributed by atoms with Gasteiger partial charge in [0.25, 0.3) is 0 Å². The summed E-state index contributed by atoms with van der Waals surface area (Å²) in [6.45, 7) is 0.0372. The monoisotopic (exact) mass is 284 g/mol. The zero-order chi connectivity index (χ0) is 14.9. The maximum absolute atomic E-state index is 11.6. The van der Waals surface area contributed by atoms with Gasteiger partial charge in [0, 0.05) is 5.69 Å². The highest BCUT2D eigenvalue weighted by atomic mass is 16.5. The molecule has 0 radical (unpaired) electrons. The Morgan fingerprint density at radius 2 is 1.52 bits per heavy atom. The van der Waals surface area contributed by atoms with E-state index in [1.54, 1.807) is 12.1 Å². The Bertz CT molecular complexity index is 585. The van der Waals surface area contributed by atoms with Crippen LogP contribution in [0.4, 0.5) is 10.5 Å². The second-order valence-corrected chi connectivity index (χ2v) is 4.33. The van der Waals surface area contributed by atoms with Gasteiger partial charge in [-0.3, -0.25) is 4.79 Å². The minimum Gasteiger partial charge on any atom is -0.445 e. The quantitative estimate of drug-likeness (QED) is 0.886. The third kappa shape index (κ3) is 5.36. The van der Waals surface area contributed by atoms with Gasteiger partial charge >= 0.3 is 6.09 Å². The number of amides is 2. The molecule has 0 aliphatic carbocycles. The van der Waals surface area contributed by atoms with E-state index in [9.17, 15) is 9.59 Å². The van der Waals surface area contributed by atoms with Crippen molar-refractivity contribution in [1.82, 2.24) is 5.32 Å². The Morgan fingerprint density at radius 1 is 0.905 bits per heavy atom. The molecular weight excluding hydrogens is 268 g/mol. The molecule has 0 fully saturated rings. The van der Waals surface area contributed by atoms with Crippen molar-refractivity contribution >= 4 is 17.7 Å². The minimum absolute atomic E-state index is 0.136. The van der Waals surface area contributed by atoms with E-state index in [4.69, 9.17) is 4.74 Å². The van der Waals surface area contributed by atoms with Crippen LogP contribution in [0.5, 0.6) is 0 Å². The van der Waals surface area contributed by atoms with Gasteiger partial charge in [-0.1, -0.05) is 48.5 Å². The van der Waals surface area contributed by atoms with Crippen LogP contribution in [0.25, 0.3) is 0 Å². The Hall–Kier alpha value is -2.82. The number of nitrogens with one attached hydrogen (secondary N) is 2. The smallest absolute Gasteiger partial charge is 0.407 e. The van der Waals surface area contributed by atoms with Crippen LogP contribution >= 0.6 is 0 Å². The fourth-order valence-electron chi connectivity index (χ4n) is 1.65. The molecule has 0 bridgehead atoms. The summed E-state index contributed by atoms with van der Waals surface area (Å²) in [6.07, 6.45) is -0.623. The zero-order valence-corrected chi connectivity index (χ0v) is 11.4. The van der Waals surface area contributed by atoms with E-state index in [0.717, 1.165) is 5.56 Å². The Labute approximate surface area is 122 Å². The molecule has 2 aromatic carbocycles. The van der Waals surface area contributed by atoms with Crippen molar-refractivity contribution in [1.29, 1.82) is 0 Å². The van der Waals surface area contributed by atoms with Gasteiger partial charge in [-0.15, -0.1) is 0 Å². The number of anilines is 1. The van der Waals surface area contributed by atoms with Crippen molar-refractivity contribution in [2.45, 2.75) is 6.61 Å². The van der Waals surface area contributed by atoms with Crippen molar-refractivity contribution < 1.29 is 14.3 Å². The van der Waals surface area contributed by atoms with Crippen LogP contribution in [0.2, 0.25) is 0 Å². The molecule has 0 unspecified atom stereocenters. The zero-order valence-electron chi connectivity index (χ0n) is 11.4. The normalized spacial score (nSPS) is 9.71. The second kappa shape index (κ2) is 7.69. The van der Waals surface area contributed by atoms with Crippen LogP contribution in [0.3, 0.4) is 0 Å². The lowest BCUT2D eigenvalue weighted by molar-refractivity contribution is -0.115. The summed E-state index contributed by atoms with van der Waals surface area (Å²) in [5.41, 5.74) is 1.57. The Morgan fingerprint density at radius 3 is 2.19 bits per heavy atom. The number of hydrogen-bond acceptors (Lipinski definition) is 3. The standard InChI is InChI=1S/C16H16N2O3/c19-15(18-14-9-5-2-6-10-14)11-17-16(20)21-12-13-7-3-1-4-8-13/h1-10H,11-12H2,(H,17,20)(H,18,19). The molecule has 0 atom stereocenters. The third-order valence-electron chi connectivity index (χ3n) is 2.66. The molecule has 0 aromatic heterocycles. The van der Waals surface area contributed by atoms with Gasteiger partial charge in [0.15, 0.2) is 0 Å². The van der Waals surface area contributed by atoms with Crippen molar-refractivity contribution in [3.8, 4) is 0 Å². The molecule has 2 N–H and O–H groups in total. The fourth-order valence-corrected chi connectivity index (χ4v) is 1.65. The molecule has 5 heteroatoms. The molecule has 0 aliphatic heterocycles. The first-order valence-electron chi connectivity index (χ1n) is 6.53. The molecular formula is C16H16N2O3. The van der Waals surface area contributed by atoms with Gasteiger partial charge in [-0.25, -0.2) is 4.79 Å². The number of carbonyl (C=O) groups excluding carboxylic acids is 2. The predicted octanol–water partition coefficient (Wildman–Crippen LogP) is 2.55.